The van der Waals surface area contributed by atoms with Gasteiger partial charge in [0.25, 0.3) is 0 Å². The van der Waals surface area contributed by atoms with Gasteiger partial charge < -0.3 is 4.90 Å². The number of carbonyl (C=O) groups is 3. The number of piperidine rings is 1. The van der Waals surface area contributed by atoms with Gasteiger partial charge in [0.05, 0.1) is 18.0 Å². The average Bonchev–Trinajstić information content (AvgIpc) is 3.49. The summed E-state index contributed by atoms with van der Waals surface area (Å²) in [5, 5.41) is 2.75. The zero-order valence-corrected chi connectivity index (χ0v) is 19.9. The van der Waals surface area contributed by atoms with Gasteiger partial charge in [-0.3, -0.25) is 24.3 Å². The number of aromatic nitrogens is 2. The normalized spacial score (nSPS) is 22.6. The van der Waals surface area contributed by atoms with Gasteiger partial charge in [0.2, 0.25) is 17.7 Å². The molecular formula is C26H25FN4O3S. The number of hydrogen-bond donors (Lipinski definition) is 0. The maximum Gasteiger partial charge on any atom is 0.241 e. The highest BCUT2D eigenvalue weighted by atomic mass is 32.1. The monoisotopic (exact) mass is 492 g/mol. The lowest BCUT2D eigenvalue weighted by Gasteiger charge is -2.37. The summed E-state index contributed by atoms with van der Waals surface area (Å²) >= 11 is 1.50. The van der Waals surface area contributed by atoms with E-state index in [4.69, 9.17) is 0 Å². The predicted octanol–water partition coefficient (Wildman–Crippen LogP) is 4.02. The van der Waals surface area contributed by atoms with Crippen LogP contribution in [0.2, 0.25) is 0 Å². The molecule has 7 nitrogen and oxygen atoms in total. The number of imide groups is 1. The Balaban J connectivity index is 1.49. The Kier molecular flexibility index (Phi) is 6.42. The van der Waals surface area contributed by atoms with Gasteiger partial charge in [0, 0.05) is 43.4 Å². The van der Waals surface area contributed by atoms with Crippen LogP contribution >= 0.6 is 11.3 Å². The fourth-order valence-electron chi connectivity index (χ4n) is 5.13. The minimum atomic E-state index is -1.46. The van der Waals surface area contributed by atoms with E-state index >= 15 is 0 Å². The molecule has 0 aliphatic carbocycles. The van der Waals surface area contributed by atoms with Gasteiger partial charge in [0.1, 0.15) is 10.8 Å². The summed E-state index contributed by atoms with van der Waals surface area (Å²) < 4.78 is 14.3. The highest BCUT2D eigenvalue weighted by Gasteiger charge is 2.54. The molecule has 2 aliphatic heterocycles. The van der Waals surface area contributed by atoms with Crippen LogP contribution in [-0.2, 0) is 26.3 Å². The molecule has 3 amide bonds. The summed E-state index contributed by atoms with van der Waals surface area (Å²) in [6, 6.07) is 9.06. The third kappa shape index (κ3) is 4.48. The predicted molar refractivity (Wildman–Crippen MR) is 128 cm³/mol. The molecule has 0 bridgehead atoms. The summed E-state index contributed by atoms with van der Waals surface area (Å²) in [4.78, 5) is 52.2. The second kappa shape index (κ2) is 9.65. The smallest absolute Gasteiger partial charge is 0.241 e. The van der Waals surface area contributed by atoms with Crippen molar-refractivity contribution in [3.8, 4) is 0 Å². The lowest BCUT2D eigenvalue weighted by molar-refractivity contribution is -0.144. The van der Waals surface area contributed by atoms with Gasteiger partial charge in [-0.25, -0.2) is 9.37 Å². The zero-order valence-electron chi connectivity index (χ0n) is 19.1. The van der Waals surface area contributed by atoms with Crippen molar-refractivity contribution in [1.82, 2.24) is 19.8 Å². The number of thiazole rings is 1. The van der Waals surface area contributed by atoms with Crippen LogP contribution in [0.3, 0.4) is 0 Å². The fraction of sp³-hybridized carbons (Fsp3) is 0.346. The molecule has 2 aliphatic rings. The minimum Gasteiger partial charge on any atom is -0.333 e. The third-order valence-electron chi connectivity index (χ3n) is 6.86. The zero-order chi connectivity index (χ0) is 24.4. The molecule has 9 heteroatoms. The van der Waals surface area contributed by atoms with E-state index in [-0.39, 0.29) is 37.2 Å². The van der Waals surface area contributed by atoms with E-state index in [0.29, 0.717) is 17.7 Å². The second-order valence-corrected chi connectivity index (χ2v) is 9.99. The molecule has 0 spiro atoms. The molecule has 2 aromatic heterocycles. The SMILES string of the molecule is O=C1C[C@@](CC(=O)N2CCCC[C@H]2c2nccs2)(c2cccc(F)c2)C(=O)N1Cc1cccnc1. The van der Waals surface area contributed by atoms with Crippen LogP contribution in [0.15, 0.2) is 60.4 Å². The first-order valence-electron chi connectivity index (χ1n) is 11.7. The standard InChI is InChI=1S/C26H25FN4O3S/c27-20-7-3-6-19(13-20)26(15-23(33)31(25(26)34)17-18-5-4-9-28-16-18)14-22(32)30-11-2-1-8-21(30)24-29-10-12-35-24/h3-7,9-10,12-13,16,21H,1-2,8,11,14-15,17H2/t21-,26-/m0/s1. The van der Waals surface area contributed by atoms with Crippen molar-refractivity contribution in [2.75, 3.05) is 6.54 Å². The van der Waals surface area contributed by atoms with Gasteiger partial charge in [-0.15, -0.1) is 11.3 Å². The number of hydrogen-bond acceptors (Lipinski definition) is 6. The van der Waals surface area contributed by atoms with Crippen molar-refractivity contribution >= 4 is 29.1 Å². The minimum absolute atomic E-state index is 0.0578. The van der Waals surface area contributed by atoms with E-state index in [1.165, 1.54) is 34.4 Å². The van der Waals surface area contributed by atoms with Crippen LogP contribution in [0.1, 0.15) is 54.3 Å². The summed E-state index contributed by atoms with van der Waals surface area (Å²) in [5.41, 5.74) is -0.403. The maximum atomic E-state index is 14.3. The molecule has 180 valence electrons. The summed E-state index contributed by atoms with van der Waals surface area (Å²) in [7, 11) is 0. The molecule has 2 atom stereocenters. The molecule has 2 saturated heterocycles. The van der Waals surface area contributed by atoms with Gasteiger partial charge in [-0.05, 0) is 48.6 Å². The van der Waals surface area contributed by atoms with Crippen LogP contribution in [0, 0.1) is 5.82 Å². The largest absolute Gasteiger partial charge is 0.333 e. The second-order valence-electron chi connectivity index (χ2n) is 9.06. The van der Waals surface area contributed by atoms with Crippen LogP contribution in [-0.4, -0.2) is 44.0 Å². The van der Waals surface area contributed by atoms with E-state index in [9.17, 15) is 18.8 Å². The molecule has 3 aromatic rings. The fourth-order valence-corrected chi connectivity index (χ4v) is 5.92. The van der Waals surface area contributed by atoms with E-state index < -0.39 is 17.1 Å². The number of carbonyl (C=O) groups excluding carboxylic acids is 3. The van der Waals surface area contributed by atoms with Crippen LogP contribution < -0.4 is 0 Å². The lowest BCUT2D eigenvalue weighted by Crippen LogP contribution is -2.45. The molecule has 2 fully saturated rings. The Morgan fingerprint density at radius 3 is 2.80 bits per heavy atom. The number of likely N-dealkylation sites (tertiary alicyclic amines) is 2. The highest BCUT2D eigenvalue weighted by Crippen LogP contribution is 2.42. The number of pyridine rings is 1. The Morgan fingerprint density at radius 2 is 2.06 bits per heavy atom. The topological polar surface area (TPSA) is 83.5 Å². The molecular weight excluding hydrogens is 467 g/mol. The van der Waals surface area contributed by atoms with Crippen LogP contribution in [0.5, 0.6) is 0 Å². The molecule has 35 heavy (non-hydrogen) atoms. The molecule has 0 N–H and O–H groups in total. The van der Waals surface area contributed by atoms with Gasteiger partial charge in [-0.1, -0.05) is 18.2 Å². The summed E-state index contributed by atoms with van der Waals surface area (Å²) in [6.07, 6.45) is 7.20. The number of halogens is 1. The van der Waals surface area contributed by atoms with E-state index in [1.54, 1.807) is 41.7 Å². The van der Waals surface area contributed by atoms with E-state index in [1.807, 2.05) is 5.38 Å². The first-order valence-corrected chi connectivity index (χ1v) is 12.5. The number of benzene rings is 1. The molecule has 1 aromatic carbocycles. The van der Waals surface area contributed by atoms with Crippen molar-refractivity contribution < 1.29 is 18.8 Å². The van der Waals surface area contributed by atoms with Crippen molar-refractivity contribution in [3.05, 3.63) is 82.3 Å². The van der Waals surface area contributed by atoms with Crippen LogP contribution in [0.4, 0.5) is 4.39 Å². The van der Waals surface area contributed by atoms with Crippen molar-refractivity contribution in [2.24, 2.45) is 0 Å². The number of rotatable bonds is 6. The Bertz CT molecular complexity index is 1240. The van der Waals surface area contributed by atoms with Crippen molar-refractivity contribution in [2.45, 2.75) is 50.1 Å². The quantitative estimate of drug-likeness (QED) is 0.486. The molecule has 4 heterocycles. The summed E-state index contributed by atoms with van der Waals surface area (Å²) in [6.45, 7) is 0.617. The van der Waals surface area contributed by atoms with E-state index in [2.05, 4.69) is 9.97 Å². The Morgan fingerprint density at radius 1 is 1.17 bits per heavy atom. The molecule has 5 rings (SSSR count). The first kappa shape index (κ1) is 23.3. The van der Waals surface area contributed by atoms with Crippen molar-refractivity contribution in [1.29, 1.82) is 0 Å². The van der Waals surface area contributed by atoms with Gasteiger partial charge in [0.15, 0.2) is 0 Å². The van der Waals surface area contributed by atoms with Crippen LogP contribution in [0.25, 0.3) is 0 Å². The Labute approximate surface area is 206 Å². The number of nitrogens with zero attached hydrogens (tertiary/aromatic N) is 4. The first-order chi connectivity index (χ1) is 17.0. The van der Waals surface area contributed by atoms with Gasteiger partial charge in [-0.2, -0.15) is 0 Å². The highest BCUT2D eigenvalue weighted by molar-refractivity contribution is 7.09. The molecule has 0 saturated carbocycles. The molecule has 0 unspecified atom stereocenters. The van der Waals surface area contributed by atoms with Gasteiger partial charge >= 0.3 is 0 Å². The average molecular weight is 493 g/mol. The molecule has 0 radical (unpaired) electrons. The number of amides is 3. The third-order valence-corrected chi connectivity index (χ3v) is 7.74. The Hall–Kier alpha value is -3.46. The summed E-state index contributed by atoms with van der Waals surface area (Å²) in [5.74, 6) is -1.60. The lowest BCUT2D eigenvalue weighted by atomic mass is 9.75. The maximum absolute atomic E-state index is 14.3. The van der Waals surface area contributed by atoms with Crippen molar-refractivity contribution in [3.63, 3.8) is 0 Å². The van der Waals surface area contributed by atoms with E-state index in [0.717, 1.165) is 24.3 Å².